The highest BCUT2D eigenvalue weighted by Crippen LogP contribution is 2.37. The smallest absolute Gasteiger partial charge is 0.166 e. The molecule has 0 saturated carbocycles. The average molecular weight is 267 g/mol. The van der Waals surface area contributed by atoms with Gasteiger partial charge in [-0.2, -0.15) is 0 Å². The predicted molar refractivity (Wildman–Crippen MR) is 77.1 cm³/mol. The van der Waals surface area contributed by atoms with Gasteiger partial charge >= 0.3 is 0 Å². The highest BCUT2D eigenvalue weighted by atomic mass is 32.1. The van der Waals surface area contributed by atoms with E-state index in [4.69, 9.17) is 0 Å². The summed E-state index contributed by atoms with van der Waals surface area (Å²) in [5, 5.41) is 13.8. The summed E-state index contributed by atoms with van der Waals surface area (Å²) >= 11 is 1.46. The molecule has 0 spiro atoms. The fourth-order valence-electron chi connectivity index (χ4n) is 2.17. The molecule has 0 saturated heterocycles. The van der Waals surface area contributed by atoms with Gasteiger partial charge in [0.25, 0.3) is 0 Å². The number of thiazole rings is 1. The van der Waals surface area contributed by atoms with E-state index in [1.807, 2.05) is 66.0 Å². The van der Waals surface area contributed by atoms with Crippen molar-refractivity contribution in [3.05, 3.63) is 88.4 Å². The van der Waals surface area contributed by atoms with E-state index in [9.17, 15) is 5.11 Å². The third-order valence-corrected chi connectivity index (χ3v) is 4.01. The Bertz CT molecular complexity index is 596. The molecule has 0 aliphatic rings. The summed E-state index contributed by atoms with van der Waals surface area (Å²) < 4.78 is 0. The lowest BCUT2D eigenvalue weighted by molar-refractivity contribution is 0.125. The third-order valence-electron chi connectivity index (χ3n) is 3.12. The topological polar surface area (TPSA) is 33.1 Å². The van der Waals surface area contributed by atoms with Crippen LogP contribution in [0.5, 0.6) is 0 Å². The second-order valence-corrected chi connectivity index (χ2v) is 5.17. The Morgan fingerprint density at radius 3 is 1.79 bits per heavy atom. The Morgan fingerprint density at radius 2 is 1.37 bits per heavy atom. The maximum atomic E-state index is 11.3. The Morgan fingerprint density at radius 1 is 0.842 bits per heavy atom. The van der Waals surface area contributed by atoms with Crippen molar-refractivity contribution in [2.45, 2.75) is 5.60 Å². The number of nitrogens with zero attached hydrogens (tertiary/aromatic N) is 1. The lowest BCUT2D eigenvalue weighted by Gasteiger charge is -2.27. The zero-order valence-corrected chi connectivity index (χ0v) is 11.0. The van der Waals surface area contributed by atoms with Crippen LogP contribution in [0.3, 0.4) is 0 Å². The minimum absolute atomic E-state index is 0.685. The van der Waals surface area contributed by atoms with E-state index >= 15 is 0 Å². The van der Waals surface area contributed by atoms with Crippen LogP contribution >= 0.6 is 11.3 Å². The van der Waals surface area contributed by atoms with Crippen molar-refractivity contribution >= 4 is 11.3 Å². The number of hydrogen-bond donors (Lipinski definition) is 1. The second kappa shape index (κ2) is 4.96. The Labute approximate surface area is 116 Å². The largest absolute Gasteiger partial charge is 0.374 e. The van der Waals surface area contributed by atoms with Crippen LogP contribution in [0.4, 0.5) is 0 Å². The number of aliphatic hydroxyl groups is 1. The molecule has 1 aromatic heterocycles. The molecule has 2 nitrogen and oxygen atoms in total. The summed E-state index contributed by atoms with van der Waals surface area (Å²) in [7, 11) is 0. The van der Waals surface area contributed by atoms with E-state index in [2.05, 4.69) is 4.98 Å². The Hall–Kier alpha value is -1.97. The number of benzene rings is 2. The first-order valence-electron chi connectivity index (χ1n) is 6.05. The summed E-state index contributed by atoms with van der Waals surface area (Å²) in [6.45, 7) is 0. The van der Waals surface area contributed by atoms with Crippen molar-refractivity contribution in [1.29, 1.82) is 0 Å². The van der Waals surface area contributed by atoms with Gasteiger partial charge in [-0.05, 0) is 11.1 Å². The maximum absolute atomic E-state index is 11.3. The molecule has 0 aliphatic heterocycles. The van der Waals surface area contributed by atoms with Gasteiger partial charge in [-0.15, -0.1) is 11.3 Å². The van der Waals surface area contributed by atoms with E-state index in [-0.39, 0.29) is 0 Å². The molecule has 0 fully saturated rings. The summed E-state index contributed by atoms with van der Waals surface area (Å²) in [6.07, 6.45) is 1.72. The van der Waals surface area contributed by atoms with Gasteiger partial charge in [0.1, 0.15) is 5.01 Å². The highest BCUT2D eigenvalue weighted by molar-refractivity contribution is 7.09. The minimum Gasteiger partial charge on any atom is -0.374 e. The van der Waals surface area contributed by atoms with E-state index in [0.717, 1.165) is 11.1 Å². The zero-order valence-electron chi connectivity index (χ0n) is 10.2. The molecule has 0 bridgehead atoms. The zero-order chi connectivity index (χ0) is 13.1. The quantitative estimate of drug-likeness (QED) is 0.788. The molecule has 3 rings (SSSR count). The molecule has 0 aliphatic carbocycles. The third kappa shape index (κ3) is 2.07. The van der Waals surface area contributed by atoms with Crippen LogP contribution in [0.15, 0.2) is 72.2 Å². The van der Waals surface area contributed by atoms with Crippen molar-refractivity contribution in [3.63, 3.8) is 0 Å². The molecule has 0 amide bonds. The first kappa shape index (κ1) is 12.1. The monoisotopic (exact) mass is 267 g/mol. The molecule has 3 aromatic rings. The molecule has 0 unspecified atom stereocenters. The normalized spacial score (nSPS) is 11.4. The van der Waals surface area contributed by atoms with E-state index in [0.29, 0.717) is 5.01 Å². The molecular formula is C16H13NOS. The van der Waals surface area contributed by atoms with Gasteiger partial charge < -0.3 is 5.11 Å². The van der Waals surface area contributed by atoms with E-state index in [1.54, 1.807) is 6.20 Å². The van der Waals surface area contributed by atoms with Crippen LogP contribution in [0, 0.1) is 0 Å². The number of rotatable bonds is 3. The van der Waals surface area contributed by atoms with Gasteiger partial charge in [-0.3, -0.25) is 0 Å². The maximum Gasteiger partial charge on any atom is 0.166 e. The summed E-state index contributed by atoms with van der Waals surface area (Å²) in [6, 6.07) is 19.3. The van der Waals surface area contributed by atoms with Crippen LogP contribution in [-0.4, -0.2) is 10.1 Å². The van der Waals surface area contributed by atoms with Crippen molar-refractivity contribution in [2.75, 3.05) is 0 Å². The van der Waals surface area contributed by atoms with Gasteiger partial charge in [-0.1, -0.05) is 60.7 Å². The number of hydrogen-bond acceptors (Lipinski definition) is 3. The fraction of sp³-hybridized carbons (Fsp3) is 0.0625. The van der Waals surface area contributed by atoms with E-state index in [1.165, 1.54) is 11.3 Å². The van der Waals surface area contributed by atoms with Crippen molar-refractivity contribution in [2.24, 2.45) is 0 Å². The molecule has 19 heavy (non-hydrogen) atoms. The van der Waals surface area contributed by atoms with Crippen LogP contribution in [0.1, 0.15) is 16.1 Å². The minimum atomic E-state index is -1.18. The SMILES string of the molecule is OC(c1ccccc1)(c1ccccc1)c1nccs1. The Balaban J connectivity index is 2.23. The molecule has 0 radical (unpaired) electrons. The molecule has 2 aromatic carbocycles. The summed E-state index contributed by atoms with van der Waals surface area (Å²) in [5.41, 5.74) is 0.476. The standard InChI is InChI=1S/C16H13NOS/c18-16(15-17-11-12-19-15,13-7-3-1-4-8-13)14-9-5-2-6-10-14/h1-12,18H. The van der Waals surface area contributed by atoms with Crippen LogP contribution in [0.25, 0.3) is 0 Å². The van der Waals surface area contributed by atoms with Crippen LogP contribution in [0.2, 0.25) is 0 Å². The van der Waals surface area contributed by atoms with Crippen LogP contribution < -0.4 is 0 Å². The van der Waals surface area contributed by atoms with Crippen molar-refractivity contribution in [1.82, 2.24) is 4.98 Å². The molecule has 1 N–H and O–H groups in total. The lowest BCUT2D eigenvalue weighted by Crippen LogP contribution is -2.28. The molecular weight excluding hydrogens is 254 g/mol. The average Bonchev–Trinajstić information content (AvgIpc) is 3.03. The van der Waals surface area contributed by atoms with Gasteiger partial charge in [-0.25, -0.2) is 4.98 Å². The number of aromatic nitrogens is 1. The summed E-state index contributed by atoms with van der Waals surface area (Å²) in [5.74, 6) is 0. The molecule has 1 heterocycles. The molecule has 94 valence electrons. The lowest BCUT2D eigenvalue weighted by atomic mass is 9.87. The van der Waals surface area contributed by atoms with Gasteiger partial charge in [0.05, 0.1) is 0 Å². The fourth-order valence-corrected chi connectivity index (χ4v) is 2.95. The molecule has 0 atom stereocenters. The second-order valence-electron chi connectivity index (χ2n) is 4.28. The first-order valence-corrected chi connectivity index (χ1v) is 6.93. The van der Waals surface area contributed by atoms with E-state index < -0.39 is 5.60 Å². The van der Waals surface area contributed by atoms with Gasteiger partial charge in [0.15, 0.2) is 5.60 Å². The van der Waals surface area contributed by atoms with Gasteiger partial charge in [0.2, 0.25) is 0 Å². The summed E-state index contributed by atoms with van der Waals surface area (Å²) in [4.78, 5) is 4.31. The predicted octanol–water partition coefficient (Wildman–Crippen LogP) is 3.43. The van der Waals surface area contributed by atoms with Gasteiger partial charge in [0, 0.05) is 11.6 Å². The van der Waals surface area contributed by atoms with Crippen molar-refractivity contribution < 1.29 is 5.11 Å². The Kier molecular flexibility index (Phi) is 3.15. The first-order chi connectivity index (χ1) is 9.32. The highest BCUT2D eigenvalue weighted by Gasteiger charge is 2.35. The van der Waals surface area contributed by atoms with Crippen molar-refractivity contribution in [3.8, 4) is 0 Å². The van der Waals surface area contributed by atoms with Crippen LogP contribution in [-0.2, 0) is 5.60 Å². The molecule has 3 heteroatoms.